The molecule has 1 aliphatic heterocycles. The topological polar surface area (TPSA) is 126 Å². The van der Waals surface area contributed by atoms with E-state index in [1.807, 2.05) is 0 Å². The van der Waals surface area contributed by atoms with Crippen LogP contribution in [-0.4, -0.2) is 81.1 Å². The minimum Gasteiger partial charge on any atom is -0.373 e. The normalized spacial score (nSPS) is 16.6. The monoisotopic (exact) mass is 377 g/mol. The Bertz CT molecular complexity index is 698. The molecule has 0 atom stereocenters. The van der Waals surface area contributed by atoms with Crippen LogP contribution in [0.4, 0.5) is 5.88 Å². The van der Waals surface area contributed by atoms with Gasteiger partial charge in [0.15, 0.2) is 0 Å². The zero-order valence-electron chi connectivity index (χ0n) is 14.7. The van der Waals surface area contributed by atoms with Gasteiger partial charge in [-0.15, -0.1) is 5.01 Å². The summed E-state index contributed by atoms with van der Waals surface area (Å²) in [6, 6.07) is 0. The highest BCUT2D eigenvalue weighted by Crippen LogP contribution is 2.11. The highest BCUT2D eigenvalue weighted by atomic mass is 32.2. The molecular weight excluding hydrogens is 352 g/mol. The number of anilines is 1. The van der Waals surface area contributed by atoms with Crippen LogP contribution in [0.15, 0.2) is 4.52 Å². The number of hydrogen-bond acceptors (Lipinski definition) is 8. The molecule has 12 heteroatoms. The van der Waals surface area contributed by atoms with Gasteiger partial charge in [-0.05, 0) is 6.92 Å². The fourth-order valence-electron chi connectivity index (χ4n) is 2.43. The van der Waals surface area contributed by atoms with Crippen LogP contribution in [0.25, 0.3) is 0 Å². The van der Waals surface area contributed by atoms with Gasteiger partial charge >= 0.3 is 11.6 Å². The first kappa shape index (κ1) is 19.6. The molecule has 0 radical (unpaired) electrons. The number of nitrogens with zero attached hydrogens (tertiary/aromatic N) is 5. The summed E-state index contributed by atoms with van der Waals surface area (Å²) in [5.41, 5.74) is 5.82. The SMILES string of the molecule is CCOCC(=O)c1c(N)on[n+]1N1CCN(S(=O)(=O)N(C)CC)CC1. The van der Waals surface area contributed by atoms with Crippen LogP contribution >= 0.6 is 0 Å². The van der Waals surface area contributed by atoms with Gasteiger partial charge in [0, 0.05) is 33.3 Å². The predicted molar refractivity (Wildman–Crippen MR) is 88.7 cm³/mol. The molecule has 0 amide bonds. The average Bonchev–Trinajstić information content (AvgIpc) is 3.00. The standard InChI is InChI=1S/C13H24N6O5S/c1-4-16(3)25(21,22)18-8-6-17(7-9-18)19-12(13(14)24-15-19)11(20)10-23-5-2/h4-10H2,1-3H3,(H-,14,15,20)/p+1. The zero-order chi connectivity index (χ0) is 18.6. The Kier molecular flexibility index (Phi) is 6.32. The lowest BCUT2D eigenvalue weighted by Crippen LogP contribution is -2.68. The number of ether oxygens (including phenoxy) is 1. The van der Waals surface area contributed by atoms with Gasteiger partial charge in [-0.1, -0.05) is 6.92 Å². The summed E-state index contributed by atoms with van der Waals surface area (Å²) in [6.45, 7) is 5.47. The number of carbonyl (C=O) groups is 1. The van der Waals surface area contributed by atoms with Crippen LogP contribution < -0.4 is 15.5 Å². The van der Waals surface area contributed by atoms with Gasteiger partial charge < -0.3 is 10.5 Å². The van der Waals surface area contributed by atoms with Crippen LogP contribution in [0, 0.1) is 0 Å². The summed E-state index contributed by atoms with van der Waals surface area (Å²) in [7, 11) is -1.93. The zero-order valence-corrected chi connectivity index (χ0v) is 15.5. The van der Waals surface area contributed by atoms with E-state index < -0.39 is 10.2 Å². The number of hydrogen-bond donors (Lipinski definition) is 1. The van der Waals surface area contributed by atoms with Crippen molar-refractivity contribution in [3.8, 4) is 0 Å². The molecule has 0 aliphatic carbocycles. The van der Waals surface area contributed by atoms with Crippen molar-refractivity contribution in [1.29, 1.82) is 0 Å². The molecule has 0 saturated carbocycles. The maximum absolute atomic E-state index is 12.4. The Morgan fingerprint density at radius 2 is 2.00 bits per heavy atom. The molecule has 1 aromatic rings. The highest BCUT2D eigenvalue weighted by molar-refractivity contribution is 7.86. The maximum Gasteiger partial charge on any atom is 0.376 e. The van der Waals surface area contributed by atoms with Crippen LogP contribution in [0.2, 0.25) is 0 Å². The van der Waals surface area contributed by atoms with Gasteiger partial charge in [0.05, 0.1) is 17.9 Å². The largest absolute Gasteiger partial charge is 0.376 e. The van der Waals surface area contributed by atoms with Crippen molar-refractivity contribution in [3.63, 3.8) is 0 Å². The number of piperazine rings is 1. The first-order valence-electron chi connectivity index (χ1n) is 8.08. The average molecular weight is 377 g/mol. The second-order valence-corrected chi connectivity index (χ2v) is 7.55. The molecule has 0 aromatic carbocycles. The Balaban J connectivity index is 2.10. The summed E-state index contributed by atoms with van der Waals surface area (Å²) >= 11 is 0. The summed E-state index contributed by atoms with van der Waals surface area (Å²) < 4.78 is 37.5. The number of carbonyl (C=O) groups excluding carboxylic acids is 1. The van der Waals surface area contributed by atoms with Crippen LogP contribution in [0.5, 0.6) is 0 Å². The van der Waals surface area contributed by atoms with Gasteiger partial charge in [-0.3, -0.25) is 9.32 Å². The van der Waals surface area contributed by atoms with E-state index in [4.69, 9.17) is 15.0 Å². The van der Waals surface area contributed by atoms with Gasteiger partial charge in [0.1, 0.15) is 6.61 Å². The lowest BCUT2D eigenvalue weighted by molar-refractivity contribution is -0.760. The third kappa shape index (κ3) is 4.08. The molecule has 25 heavy (non-hydrogen) atoms. The summed E-state index contributed by atoms with van der Waals surface area (Å²) in [5, 5.41) is 5.51. The van der Waals surface area contributed by atoms with Crippen LogP contribution in [0.1, 0.15) is 24.3 Å². The fraction of sp³-hybridized carbons (Fsp3) is 0.769. The summed E-state index contributed by atoms with van der Waals surface area (Å²) in [6.07, 6.45) is 0. The molecule has 0 spiro atoms. The molecular formula is C13H25N6O5S+. The van der Waals surface area contributed by atoms with Crippen molar-refractivity contribution in [2.24, 2.45) is 0 Å². The minimum atomic E-state index is -3.48. The van der Waals surface area contributed by atoms with Crippen molar-refractivity contribution in [2.75, 3.05) is 63.7 Å². The third-order valence-electron chi connectivity index (χ3n) is 4.00. The second kappa shape index (κ2) is 8.08. The molecule has 0 bridgehead atoms. The number of rotatable bonds is 8. The minimum absolute atomic E-state index is 0.0922. The van der Waals surface area contributed by atoms with Gasteiger partial charge in [0.25, 0.3) is 16.0 Å². The van der Waals surface area contributed by atoms with Crippen molar-refractivity contribution in [2.45, 2.75) is 13.8 Å². The van der Waals surface area contributed by atoms with E-state index in [-0.39, 0.29) is 37.1 Å². The van der Waals surface area contributed by atoms with E-state index in [0.29, 0.717) is 26.2 Å². The number of nitrogens with two attached hydrogens (primary N) is 1. The van der Waals surface area contributed by atoms with E-state index >= 15 is 0 Å². The van der Waals surface area contributed by atoms with E-state index in [1.54, 1.807) is 25.9 Å². The van der Waals surface area contributed by atoms with Crippen molar-refractivity contribution in [1.82, 2.24) is 13.9 Å². The van der Waals surface area contributed by atoms with Crippen LogP contribution in [-0.2, 0) is 14.9 Å². The van der Waals surface area contributed by atoms with Gasteiger partial charge in [-0.2, -0.15) is 17.0 Å². The molecule has 11 nitrogen and oxygen atoms in total. The van der Waals surface area contributed by atoms with Crippen molar-refractivity contribution in [3.05, 3.63) is 5.69 Å². The molecule has 2 rings (SSSR count). The Hall–Kier alpha value is -1.76. The number of Topliss-reactive ketones (excluding diaryl/α,β-unsaturated/α-hetero) is 1. The highest BCUT2D eigenvalue weighted by Gasteiger charge is 2.38. The molecule has 2 N–H and O–H groups in total. The molecule has 142 valence electrons. The Labute approximate surface area is 147 Å². The quantitative estimate of drug-likeness (QED) is 0.416. The van der Waals surface area contributed by atoms with E-state index in [0.717, 1.165) is 0 Å². The van der Waals surface area contributed by atoms with Gasteiger partial charge in [-0.25, -0.2) is 0 Å². The van der Waals surface area contributed by atoms with Gasteiger partial charge in [0.2, 0.25) is 5.27 Å². The van der Waals surface area contributed by atoms with E-state index in [2.05, 4.69) is 5.27 Å². The molecule has 1 saturated heterocycles. The smallest absolute Gasteiger partial charge is 0.373 e. The summed E-state index contributed by atoms with van der Waals surface area (Å²) in [4.78, 5) is 13.5. The number of ketones is 1. The third-order valence-corrected chi connectivity index (χ3v) is 6.06. The van der Waals surface area contributed by atoms with E-state index in [1.165, 1.54) is 13.4 Å². The molecule has 0 unspecified atom stereocenters. The first-order valence-corrected chi connectivity index (χ1v) is 9.47. The predicted octanol–water partition coefficient (Wildman–Crippen LogP) is -1.79. The number of aromatic nitrogens is 2. The van der Waals surface area contributed by atoms with Crippen molar-refractivity contribution < 1.29 is 27.3 Å². The first-order chi connectivity index (χ1) is 11.8. The molecule has 1 aromatic heterocycles. The van der Waals surface area contributed by atoms with E-state index in [9.17, 15) is 13.2 Å². The van der Waals surface area contributed by atoms with Crippen LogP contribution in [0.3, 0.4) is 0 Å². The Morgan fingerprint density at radius 3 is 2.56 bits per heavy atom. The lowest BCUT2D eigenvalue weighted by atomic mass is 10.3. The Morgan fingerprint density at radius 1 is 1.36 bits per heavy atom. The maximum atomic E-state index is 12.4. The second-order valence-electron chi connectivity index (χ2n) is 5.51. The number of nitrogen functional groups attached to an aromatic ring is 1. The fourth-order valence-corrected chi connectivity index (χ4v) is 3.77. The summed E-state index contributed by atoms with van der Waals surface area (Å²) in [5.74, 6) is -0.438. The van der Waals surface area contributed by atoms with Crippen molar-refractivity contribution >= 4 is 21.9 Å². The molecule has 1 fully saturated rings. The molecule has 2 heterocycles. The lowest BCUT2D eigenvalue weighted by Gasteiger charge is -2.32. The molecule has 1 aliphatic rings.